The highest BCUT2D eigenvalue weighted by molar-refractivity contribution is 8.02. The standard InChI is InChI=1S/C25H28N2O5S/c1-3-32-23(31)19-18-22(30)27(12-13-28)20(25(18)11-10-24(19,2)33-25)21(29)26-17-9-8-15-6-4-5-7-16(15)14-17/h4-9,14,18-20,28H,3,10-13H2,1-2H3,(H,26,29)/t18-,19+,20?,24-,25?/m0/s1. The summed E-state index contributed by atoms with van der Waals surface area (Å²) in [7, 11) is 0. The molecule has 0 aromatic heterocycles. The number of rotatable bonds is 6. The summed E-state index contributed by atoms with van der Waals surface area (Å²) in [6, 6.07) is 12.8. The van der Waals surface area contributed by atoms with Gasteiger partial charge in [0.2, 0.25) is 11.8 Å². The molecular weight excluding hydrogens is 440 g/mol. The van der Waals surface area contributed by atoms with Crippen LogP contribution in [0.25, 0.3) is 10.8 Å². The fourth-order valence-electron chi connectivity index (χ4n) is 6.14. The molecule has 2 amide bonds. The van der Waals surface area contributed by atoms with E-state index in [1.807, 2.05) is 49.4 Å². The third-order valence-electron chi connectivity index (χ3n) is 7.42. The summed E-state index contributed by atoms with van der Waals surface area (Å²) in [4.78, 5) is 41.7. The first-order valence-corrected chi connectivity index (χ1v) is 12.2. The number of ether oxygens (including phenoxy) is 1. The van der Waals surface area contributed by atoms with E-state index in [1.54, 1.807) is 18.7 Å². The van der Waals surface area contributed by atoms with Crippen LogP contribution in [0.3, 0.4) is 0 Å². The highest BCUT2D eigenvalue weighted by Gasteiger charge is 2.77. The van der Waals surface area contributed by atoms with Crippen LogP contribution < -0.4 is 5.32 Å². The molecule has 2 aromatic rings. The molecule has 0 saturated carbocycles. The Morgan fingerprint density at radius 2 is 1.97 bits per heavy atom. The third kappa shape index (κ3) is 3.26. The zero-order valence-electron chi connectivity index (χ0n) is 18.7. The largest absolute Gasteiger partial charge is 0.466 e. The molecule has 3 aliphatic rings. The molecule has 3 saturated heterocycles. The van der Waals surface area contributed by atoms with Gasteiger partial charge in [-0.25, -0.2) is 0 Å². The highest BCUT2D eigenvalue weighted by Crippen LogP contribution is 2.71. The Labute approximate surface area is 196 Å². The Bertz CT molecular complexity index is 1140. The number of likely N-dealkylation sites (tertiary alicyclic amines) is 1. The lowest BCUT2D eigenvalue weighted by Crippen LogP contribution is -2.52. The summed E-state index contributed by atoms with van der Waals surface area (Å²) in [6.07, 6.45) is 1.40. The number of hydrogen-bond acceptors (Lipinski definition) is 6. The molecule has 33 heavy (non-hydrogen) atoms. The third-order valence-corrected chi connectivity index (χ3v) is 9.41. The lowest BCUT2D eigenvalue weighted by atomic mass is 9.66. The smallest absolute Gasteiger partial charge is 0.311 e. The van der Waals surface area contributed by atoms with E-state index in [0.717, 1.165) is 17.2 Å². The van der Waals surface area contributed by atoms with Crippen molar-refractivity contribution < 1.29 is 24.2 Å². The second kappa shape index (κ2) is 8.02. The van der Waals surface area contributed by atoms with Gasteiger partial charge in [0.25, 0.3) is 0 Å². The molecule has 2 unspecified atom stereocenters. The molecule has 3 fully saturated rings. The number of amides is 2. The molecule has 7 nitrogen and oxygen atoms in total. The lowest BCUT2D eigenvalue weighted by Gasteiger charge is -2.34. The zero-order chi connectivity index (χ0) is 23.4. The number of nitrogens with one attached hydrogen (secondary N) is 1. The lowest BCUT2D eigenvalue weighted by molar-refractivity contribution is -0.155. The molecule has 174 valence electrons. The average molecular weight is 469 g/mol. The number of carbonyl (C=O) groups is 3. The van der Waals surface area contributed by atoms with Gasteiger partial charge in [-0.05, 0) is 49.6 Å². The van der Waals surface area contributed by atoms with Crippen LogP contribution in [0.5, 0.6) is 0 Å². The van der Waals surface area contributed by atoms with Gasteiger partial charge in [-0.1, -0.05) is 30.3 Å². The van der Waals surface area contributed by atoms with Crippen molar-refractivity contribution in [2.45, 2.75) is 42.2 Å². The SMILES string of the molecule is CCOC(=O)[C@H]1[C@H]2C(=O)N(CCO)C(C(=O)Nc3ccc4ccccc4c3)C23CC[C@]1(C)S3. The Hall–Kier alpha value is -2.58. The van der Waals surface area contributed by atoms with Gasteiger partial charge < -0.3 is 20.1 Å². The van der Waals surface area contributed by atoms with Crippen LogP contribution in [0.15, 0.2) is 42.5 Å². The molecule has 5 atom stereocenters. The summed E-state index contributed by atoms with van der Waals surface area (Å²) >= 11 is 1.59. The molecule has 3 aliphatic heterocycles. The number of carbonyl (C=O) groups excluding carboxylic acids is 3. The predicted molar refractivity (Wildman–Crippen MR) is 127 cm³/mol. The summed E-state index contributed by atoms with van der Waals surface area (Å²) in [5.41, 5.74) is 0.653. The topological polar surface area (TPSA) is 95.9 Å². The van der Waals surface area contributed by atoms with Crippen molar-refractivity contribution in [2.75, 3.05) is 25.1 Å². The minimum absolute atomic E-state index is 0.0553. The summed E-state index contributed by atoms with van der Waals surface area (Å²) in [5, 5.41) is 14.8. The summed E-state index contributed by atoms with van der Waals surface area (Å²) in [6.45, 7) is 3.81. The van der Waals surface area contributed by atoms with Gasteiger partial charge >= 0.3 is 5.97 Å². The molecule has 0 aliphatic carbocycles. The Balaban J connectivity index is 1.50. The second-order valence-electron chi connectivity index (χ2n) is 9.29. The van der Waals surface area contributed by atoms with Crippen molar-refractivity contribution in [1.29, 1.82) is 0 Å². The Kier molecular flexibility index (Phi) is 5.40. The molecule has 0 radical (unpaired) electrons. The minimum Gasteiger partial charge on any atom is -0.466 e. The first kappa shape index (κ1) is 22.2. The predicted octanol–water partition coefficient (Wildman–Crippen LogP) is 2.82. The zero-order valence-corrected chi connectivity index (χ0v) is 19.6. The molecule has 2 bridgehead atoms. The number of nitrogens with zero attached hydrogens (tertiary/aromatic N) is 1. The maximum Gasteiger partial charge on any atom is 0.311 e. The molecule has 2 aromatic carbocycles. The van der Waals surface area contributed by atoms with Gasteiger partial charge in [0.15, 0.2) is 0 Å². The van der Waals surface area contributed by atoms with Crippen molar-refractivity contribution in [3.05, 3.63) is 42.5 Å². The van der Waals surface area contributed by atoms with E-state index < -0.39 is 27.4 Å². The molecule has 2 N–H and O–H groups in total. The van der Waals surface area contributed by atoms with Crippen LogP contribution in [0, 0.1) is 11.8 Å². The van der Waals surface area contributed by atoms with Gasteiger partial charge in [-0.3, -0.25) is 14.4 Å². The number of aliphatic hydroxyl groups is 1. The maximum absolute atomic E-state index is 13.7. The average Bonchev–Trinajstić information content (AvgIpc) is 3.35. The number of β-amino-alcohol motifs (C(OH)–C–C–N with tert-alkyl or cyclic N) is 1. The fourth-order valence-corrected chi connectivity index (χ4v) is 8.49. The van der Waals surface area contributed by atoms with Gasteiger partial charge in [-0.2, -0.15) is 0 Å². The van der Waals surface area contributed by atoms with E-state index in [-0.39, 0.29) is 37.5 Å². The van der Waals surface area contributed by atoms with Crippen molar-refractivity contribution in [2.24, 2.45) is 11.8 Å². The van der Waals surface area contributed by atoms with Crippen LogP contribution in [0.4, 0.5) is 5.69 Å². The van der Waals surface area contributed by atoms with E-state index >= 15 is 0 Å². The van der Waals surface area contributed by atoms with E-state index in [9.17, 15) is 19.5 Å². The highest BCUT2D eigenvalue weighted by atomic mass is 32.2. The van der Waals surface area contributed by atoms with Gasteiger partial charge in [0.05, 0.1) is 29.8 Å². The van der Waals surface area contributed by atoms with E-state index in [2.05, 4.69) is 5.32 Å². The normalized spacial score (nSPS) is 32.3. The first-order chi connectivity index (χ1) is 15.8. The van der Waals surface area contributed by atoms with Crippen molar-refractivity contribution in [1.82, 2.24) is 4.90 Å². The van der Waals surface area contributed by atoms with Crippen molar-refractivity contribution in [3.63, 3.8) is 0 Å². The number of anilines is 1. The monoisotopic (exact) mass is 468 g/mol. The van der Waals surface area contributed by atoms with E-state index in [1.165, 1.54) is 4.90 Å². The van der Waals surface area contributed by atoms with Crippen molar-refractivity contribution in [3.8, 4) is 0 Å². The molecule has 1 spiro atoms. The Morgan fingerprint density at radius 3 is 2.70 bits per heavy atom. The van der Waals surface area contributed by atoms with Gasteiger partial charge in [-0.15, -0.1) is 11.8 Å². The number of esters is 1. The van der Waals surface area contributed by atoms with Crippen LogP contribution in [0.1, 0.15) is 26.7 Å². The quantitative estimate of drug-likeness (QED) is 0.633. The number of fused-ring (bicyclic) bond motifs is 2. The van der Waals surface area contributed by atoms with Crippen LogP contribution in [-0.2, 0) is 19.1 Å². The van der Waals surface area contributed by atoms with E-state index in [4.69, 9.17) is 4.74 Å². The fraction of sp³-hybridized carbons (Fsp3) is 0.480. The number of hydrogen-bond donors (Lipinski definition) is 2. The molecule has 3 heterocycles. The Morgan fingerprint density at radius 1 is 1.21 bits per heavy atom. The van der Waals surface area contributed by atoms with Crippen LogP contribution in [-0.4, -0.2) is 63.1 Å². The van der Waals surface area contributed by atoms with E-state index in [0.29, 0.717) is 12.1 Å². The summed E-state index contributed by atoms with van der Waals surface area (Å²) in [5.74, 6) is -2.11. The van der Waals surface area contributed by atoms with Gasteiger partial charge in [0, 0.05) is 17.0 Å². The second-order valence-corrected chi connectivity index (χ2v) is 11.2. The molecule has 8 heteroatoms. The summed E-state index contributed by atoms with van der Waals surface area (Å²) < 4.78 is 4.20. The minimum atomic E-state index is -0.764. The maximum atomic E-state index is 13.7. The molecular formula is C25H28N2O5S. The number of aliphatic hydroxyl groups excluding tert-OH is 1. The van der Waals surface area contributed by atoms with Crippen LogP contribution >= 0.6 is 11.8 Å². The number of thioether (sulfide) groups is 1. The molecule has 5 rings (SSSR count). The first-order valence-electron chi connectivity index (χ1n) is 11.4. The van der Waals surface area contributed by atoms with Crippen molar-refractivity contribution >= 4 is 46.0 Å². The van der Waals surface area contributed by atoms with Gasteiger partial charge in [0.1, 0.15) is 6.04 Å². The number of benzene rings is 2. The van der Waals surface area contributed by atoms with Crippen LogP contribution in [0.2, 0.25) is 0 Å².